The second-order valence-electron chi connectivity index (χ2n) is 23.8. The molecule has 0 saturated heterocycles. The summed E-state index contributed by atoms with van der Waals surface area (Å²) in [6.07, 6.45) is 88.2. The highest BCUT2D eigenvalue weighted by atomic mass is 16.6. The van der Waals surface area contributed by atoms with Crippen LogP contribution in [-0.2, 0) is 28.6 Å². The van der Waals surface area contributed by atoms with Gasteiger partial charge in [0.1, 0.15) is 13.2 Å². The number of unbranched alkanes of at least 4 members (excludes halogenated alkanes) is 44. The molecular formula is C74H134O6. The third-order valence-corrected chi connectivity index (χ3v) is 15.7. The van der Waals surface area contributed by atoms with Gasteiger partial charge < -0.3 is 14.2 Å². The normalized spacial score (nSPS) is 12.4. The molecule has 80 heavy (non-hydrogen) atoms. The maximum Gasteiger partial charge on any atom is 0.306 e. The van der Waals surface area contributed by atoms with Gasteiger partial charge in [0, 0.05) is 19.3 Å². The number of ether oxygens (including phenoxy) is 3. The number of hydrogen-bond acceptors (Lipinski definition) is 6. The monoisotopic (exact) mass is 1120 g/mol. The van der Waals surface area contributed by atoms with Gasteiger partial charge in [-0.3, -0.25) is 14.4 Å². The van der Waals surface area contributed by atoms with Crippen molar-refractivity contribution in [2.75, 3.05) is 13.2 Å². The fraction of sp³-hybridized carbons (Fsp3) is 0.824. The van der Waals surface area contributed by atoms with E-state index in [0.717, 1.165) is 77.0 Å². The SMILES string of the molecule is CCCCCCC/C=C\C/C=C\C/C=C\CCCCCCCCCCCCCCCCCCC(=O)OCC(COC(=O)CCCCCCC/C=C\CCCCCCC)OC(=O)CCCCCCCCC/C=C\CCCCCCCC. The number of carbonyl (C=O) groups excluding carboxylic acids is 3. The van der Waals surface area contributed by atoms with Gasteiger partial charge in [0.05, 0.1) is 0 Å². The summed E-state index contributed by atoms with van der Waals surface area (Å²) in [4.78, 5) is 38.4. The predicted molar refractivity (Wildman–Crippen MR) is 348 cm³/mol. The van der Waals surface area contributed by atoms with E-state index in [4.69, 9.17) is 14.2 Å². The molecule has 0 aromatic heterocycles. The fourth-order valence-corrected chi connectivity index (χ4v) is 10.4. The number of esters is 3. The molecule has 0 heterocycles. The van der Waals surface area contributed by atoms with Crippen molar-refractivity contribution in [1.82, 2.24) is 0 Å². The average Bonchev–Trinajstić information content (AvgIpc) is 3.46. The number of allylic oxidation sites excluding steroid dienone is 10. The van der Waals surface area contributed by atoms with Crippen molar-refractivity contribution >= 4 is 17.9 Å². The Labute approximate surface area is 498 Å². The van der Waals surface area contributed by atoms with Crippen molar-refractivity contribution in [3.8, 4) is 0 Å². The van der Waals surface area contributed by atoms with E-state index in [2.05, 4.69) is 81.5 Å². The van der Waals surface area contributed by atoms with Crippen molar-refractivity contribution in [2.45, 2.75) is 380 Å². The summed E-state index contributed by atoms with van der Waals surface area (Å²) in [7, 11) is 0. The van der Waals surface area contributed by atoms with E-state index in [1.165, 1.54) is 257 Å². The average molecular weight is 1120 g/mol. The maximum absolute atomic E-state index is 12.9. The second-order valence-corrected chi connectivity index (χ2v) is 23.8. The minimum absolute atomic E-state index is 0.0752. The molecule has 466 valence electrons. The van der Waals surface area contributed by atoms with E-state index in [1.807, 2.05) is 0 Å². The zero-order chi connectivity index (χ0) is 57.8. The second kappa shape index (κ2) is 68.6. The minimum atomic E-state index is -0.779. The van der Waals surface area contributed by atoms with Crippen LogP contribution in [0, 0.1) is 0 Å². The van der Waals surface area contributed by atoms with Gasteiger partial charge in [-0.2, -0.15) is 0 Å². The Hall–Kier alpha value is -2.89. The Balaban J connectivity index is 4.20. The van der Waals surface area contributed by atoms with Gasteiger partial charge in [-0.1, -0.05) is 306 Å². The lowest BCUT2D eigenvalue weighted by molar-refractivity contribution is -0.167. The molecule has 0 bridgehead atoms. The molecule has 1 unspecified atom stereocenters. The standard InChI is InChI=1S/C74H134O6/c1-4-7-10-13-16-19-22-25-28-30-31-32-33-34-35-36-37-38-39-40-41-42-43-45-46-49-52-55-58-61-64-67-73(76)79-70-71(69-78-72(75)66-63-60-57-54-51-48-27-24-21-18-15-12-9-6-3)80-74(77)68-65-62-59-56-53-50-47-44-29-26-23-20-17-14-11-8-5-2/h22,24-27,29-31,33-34,71H,4-21,23,28,32,35-70H2,1-3H3/b25-22-,27-24-,29-26-,31-30-,34-33-. The van der Waals surface area contributed by atoms with Crippen LogP contribution in [0.4, 0.5) is 0 Å². The van der Waals surface area contributed by atoms with Gasteiger partial charge in [0.2, 0.25) is 0 Å². The van der Waals surface area contributed by atoms with Crippen LogP contribution in [0.15, 0.2) is 60.8 Å². The zero-order valence-corrected chi connectivity index (χ0v) is 53.6. The number of rotatable bonds is 65. The van der Waals surface area contributed by atoms with Gasteiger partial charge in [-0.25, -0.2) is 0 Å². The molecule has 0 fully saturated rings. The molecule has 0 saturated carbocycles. The van der Waals surface area contributed by atoms with Crippen LogP contribution < -0.4 is 0 Å². The molecule has 0 spiro atoms. The first-order chi connectivity index (χ1) is 39.5. The third-order valence-electron chi connectivity index (χ3n) is 15.7. The lowest BCUT2D eigenvalue weighted by Gasteiger charge is -2.18. The van der Waals surface area contributed by atoms with Gasteiger partial charge >= 0.3 is 17.9 Å². The molecule has 6 heteroatoms. The number of carbonyl (C=O) groups is 3. The van der Waals surface area contributed by atoms with E-state index in [0.29, 0.717) is 19.3 Å². The van der Waals surface area contributed by atoms with Crippen molar-refractivity contribution in [3.63, 3.8) is 0 Å². The molecule has 0 aromatic carbocycles. The highest BCUT2D eigenvalue weighted by Crippen LogP contribution is 2.17. The van der Waals surface area contributed by atoms with Crippen LogP contribution >= 0.6 is 0 Å². The molecule has 1 atom stereocenters. The first-order valence-electron chi connectivity index (χ1n) is 35.3. The lowest BCUT2D eigenvalue weighted by atomic mass is 10.0. The molecular weight excluding hydrogens is 985 g/mol. The summed E-state index contributed by atoms with van der Waals surface area (Å²) >= 11 is 0. The van der Waals surface area contributed by atoms with Gasteiger partial charge in [0.25, 0.3) is 0 Å². The van der Waals surface area contributed by atoms with Gasteiger partial charge in [-0.15, -0.1) is 0 Å². The van der Waals surface area contributed by atoms with Crippen molar-refractivity contribution in [2.24, 2.45) is 0 Å². The smallest absolute Gasteiger partial charge is 0.306 e. The molecule has 0 aromatic rings. The summed E-state index contributed by atoms with van der Waals surface area (Å²) in [5.41, 5.74) is 0. The quantitative estimate of drug-likeness (QED) is 0.0261. The van der Waals surface area contributed by atoms with E-state index >= 15 is 0 Å². The Kier molecular flexibility index (Phi) is 66.1. The highest BCUT2D eigenvalue weighted by molar-refractivity contribution is 5.71. The van der Waals surface area contributed by atoms with Crippen LogP contribution in [0.1, 0.15) is 374 Å². The van der Waals surface area contributed by atoms with Crippen molar-refractivity contribution in [1.29, 1.82) is 0 Å². The van der Waals surface area contributed by atoms with E-state index < -0.39 is 6.10 Å². The summed E-state index contributed by atoms with van der Waals surface area (Å²) in [6.45, 7) is 6.66. The van der Waals surface area contributed by atoms with E-state index in [1.54, 1.807) is 0 Å². The minimum Gasteiger partial charge on any atom is -0.462 e. The van der Waals surface area contributed by atoms with Gasteiger partial charge in [-0.05, 0) is 109 Å². The molecule has 0 rings (SSSR count). The molecule has 0 aliphatic heterocycles. The van der Waals surface area contributed by atoms with Crippen molar-refractivity contribution in [3.05, 3.63) is 60.8 Å². The largest absolute Gasteiger partial charge is 0.462 e. The summed E-state index contributed by atoms with van der Waals surface area (Å²) < 4.78 is 17.0. The third kappa shape index (κ3) is 65.9. The van der Waals surface area contributed by atoms with E-state index in [-0.39, 0.29) is 31.1 Å². The number of hydrogen-bond donors (Lipinski definition) is 0. The zero-order valence-electron chi connectivity index (χ0n) is 53.6. The Morgan fingerprint density at radius 1 is 0.250 bits per heavy atom. The molecule has 0 amide bonds. The summed E-state index contributed by atoms with van der Waals surface area (Å²) in [5, 5.41) is 0. The van der Waals surface area contributed by atoms with Crippen LogP contribution in [0.25, 0.3) is 0 Å². The first kappa shape index (κ1) is 77.1. The Bertz CT molecular complexity index is 1430. The Morgan fingerprint density at radius 3 is 0.713 bits per heavy atom. The molecule has 0 aliphatic carbocycles. The van der Waals surface area contributed by atoms with Crippen LogP contribution in [0.2, 0.25) is 0 Å². The topological polar surface area (TPSA) is 78.9 Å². The lowest BCUT2D eigenvalue weighted by Crippen LogP contribution is -2.30. The Morgan fingerprint density at radius 2 is 0.450 bits per heavy atom. The predicted octanol–water partition coefficient (Wildman–Crippen LogP) is 24.3. The molecule has 6 nitrogen and oxygen atoms in total. The van der Waals surface area contributed by atoms with Gasteiger partial charge in [0.15, 0.2) is 6.10 Å². The van der Waals surface area contributed by atoms with E-state index in [9.17, 15) is 14.4 Å². The van der Waals surface area contributed by atoms with Crippen molar-refractivity contribution < 1.29 is 28.6 Å². The highest BCUT2D eigenvalue weighted by Gasteiger charge is 2.19. The molecule has 0 aliphatic rings. The fourth-order valence-electron chi connectivity index (χ4n) is 10.4. The maximum atomic E-state index is 12.9. The first-order valence-corrected chi connectivity index (χ1v) is 35.3. The summed E-state index contributed by atoms with van der Waals surface area (Å²) in [6, 6.07) is 0. The van der Waals surface area contributed by atoms with Crippen LogP contribution in [-0.4, -0.2) is 37.2 Å². The molecule has 0 N–H and O–H groups in total. The van der Waals surface area contributed by atoms with Crippen LogP contribution in [0.3, 0.4) is 0 Å². The van der Waals surface area contributed by atoms with Crippen LogP contribution in [0.5, 0.6) is 0 Å². The molecule has 0 radical (unpaired) electrons. The summed E-state index contributed by atoms with van der Waals surface area (Å²) in [5.74, 6) is -0.867.